The Bertz CT molecular complexity index is 990. The van der Waals surface area contributed by atoms with E-state index in [-0.39, 0.29) is 0 Å². The predicted molar refractivity (Wildman–Crippen MR) is 115 cm³/mol. The number of nitriles is 1. The van der Waals surface area contributed by atoms with Crippen LogP contribution in [0.3, 0.4) is 0 Å². The zero-order chi connectivity index (χ0) is 19.3. The van der Waals surface area contributed by atoms with Crippen molar-refractivity contribution in [2.24, 2.45) is 0 Å². The van der Waals surface area contributed by atoms with Crippen LogP contribution in [0, 0.1) is 11.3 Å². The molecule has 3 aromatic rings. The van der Waals surface area contributed by atoms with Crippen molar-refractivity contribution < 1.29 is 0 Å². The molecule has 5 heteroatoms. The highest BCUT2D eigenvalue weighted by Crippen LogP contribution is 2.27. The van der Waals surface area contributed by atoms with E-state index in [0.29, 0.717) is 5.56 Å². The zero-order valence-electron chi connectivity index (χ0n) is 16.7. The molecule has 0 bridgehead atoms. The normalized spacial score (nSPS) is 15.6. The molecule has 0 amide bonds. The Morgan fingerprint density at radius 1 is 1.14 bits per heavy atom. The second kappa shape index (κ2) is 8.62. The van der Waals surface area contributed by atoms with Gasteiger partial charge < -0.3 is 10.2 Å². The number of nitrogens with zero attached hydrogens (tertiary/aromatic N) is 4. The van der Waals surface area contributed by atoms with Gasteiger partial charge in [0.15, 0.2) is 5.65 Å². The van der Waals surface area contributed by atoms with E-state index in [1.165, 1.54) is 38.8 Å². The number of anilines is 1. The molecule has 1 N–H and O–H groups in total. The number of rotatable bonds is 6. The molecule has 1 aliphatic rings. The Balaban J connectivity index is 1.68. The summed E-state index contributed by atoms with van der Waals surface area (Å²) in [5.74, 6) is 1.04. The van der Waals surface area contributed by atoms with E-state index in [1.807, 2.05) is 18.2 Å². The highest BCUT2D eigenvalue weighted by molar-refractivity contribution is 5.85. The van der Waals surface area contributed by atoms with Crippen molar-refractivity contribution in [1.82, 2.24) is 14.3 Å². The van der Waals surface area contributed by atoms with E-state index in [2.05, 4.69) is 39.7 Å². The fourth-order valence-electron chi connectivity index (χ4n) is 4.30. The summed E-state index contributed by atoms with van der Waals surface area (Å²) in [6.45, 7) is 6.52. The first-order valence-corrected chi connectivity index (χ1v) is 10.6. The first kappa shape index (κ1) is 18.8. The number of pyridine rings is 1. The number of fused-ring (bicyclic) bond motifs is 3. The monoisotopic (exact) mass is 375 g/mol. The van der Waals surface area contributed by atoms with Gasteiger partial charge in [-0.05, 0) is 56.1 Å². The van der Waals surface area contributed by atoms with Crippen LogP contribution in [0.5, 0.6) is 0 Å². The Labute approximate surface area is 167 Å². The summed E-state index contributed by atoms with van der Waals surface area (Å²) in [6.07, 6.45) is 7.26. The van der Waals surface area contributed by atoms with Gasteiger partial charge in [-0.15, -0.1) is 0 Å². The number of aromatic nitrogens is 2. The van der Waals surface area contributed by atoms with E-state index in [4.69, 9.17) is 4.98 Å². The maximum atomic E-state index is 9.80. The zero-order valence-corrected chi connectivity index (χ0v) is 16.7. The number of nitrogens with one attached hydrogen (secondary N) is 1. The highest BCUT2D eigenvalue weighted by Gasteiger charge is 2.16. The summed E-state index contributed by atoms with van der Waals surface area (Å²) in [7, 11) is 0. The van der Waals surface area contributed by atoms with Crippen molar-refractivity contribution >= 4 is 22.5 Å². The summed E-state index contributed by atoms with van der Waals surface area (Å²) >= 11 is 0. The van der Waals surface area contributed by atoms with Crippen LogP contribution in [0.2, 0.25) is 0 Å². The molecule has 0 atom stereocenters. The maximum Gasteiger partial charge on any atom is 0.157 e. The Morgan fingerprint density at radius 3 is 2.68 bits per heavy atom. The van der Waals surface area contributed by atoms with Gasteiger partial charge in [-0.25, -0.2) is 4.98 Å². The number of hydrogen-bond acceptors (Lipinski definition) is 4. The van der Waals surface area contributed by atoms with E-state index >= 15 is 0 Å². The second-order valence-electron chi connectivity index (χ2n) is 7.73. The average Bonchev–Trinajstić information content (AvgIpc) is 2.90. The molecule has 0 saturated carbocycles. The first-order chi connectivity index (χ1) is 13.8. The molecule has 1 fully saturated rings. The van der Waals surface area contributed by atoms with Gasteiger partial charge >= 0.3 is 0 Å². The highest BCUT2D eigenvalue weighted by atomic mass is 15.2. The molecule has 1 aliphatic heterocycles. The van der Waals surface area contributed by atoms with Gasteiger partial charge in [0.05, 0.1) is 16.6 Å². The van der Waals surface area contributed by atoms with Crippen LogP contribution in [0.4, 0.5) is 5.82 Å². The van der Waals surface area contributed by atoms with Crippen LogP contribution in [0.1, 0.15) is 50.2 Å². The van der Waals surface area contributed by atoms with Crippen molar-refractivity contribution in [2.45, 2.75) is 45.4 Å². The van der Waals surface area contributed by atoms with Crippen LogP contribution in [-0.2, 0) is 6.42 Å². The SMILES string of the molecule is CCCc1cc(NCCN2CCCCCC2)n2c(nc3ccccc32)c1C#N. The summed E-state index contributed by atoms with van der Waals surface area (Å²) < 4.78 is 2.12. The molecule has 0 unspecified atom stereocenters. The van der Waals surface area contributed by atoms with Gasteiger partial charge in [0, 0.05) is 13.1 Å². The van der Waals surface area contributed by atoms with Crippen LogP contribution in [-0.4, -0.2) is 40.5 Å². The second-order valence-corrected chi connectivity index (χ2v) is 7.73. The molecule has 0 radical (unpaired) electrons. The maximum absolute atomic E-state index is 9.80. The molecular weight excluding hydrogens is 346 g/mol. The largest absolute Gasteiger partial charge is 0.370 e. The number of likely N-dealkylation sites (tertiary alicyclic amines) is 1. The van der Waals surface area contributed by atoms with E-state index < -0.39 is 0 Å². The first-order valence-electron chi connectivity index (χ1n) is 10.6. The van der Waals surface area contributed by atoms with Gasteiger partial charge in [-0.1, -0.05) is 38.3 Å². The van der Waals surface area contributed by atoms with Crippen LogP contribution < -0.4 is 5.32 Å². The van der Waals surface area contributed by atoms with E-state index in [9.17, 15) is 5.26 Å². The van der Waals surface area contributed by atoms with Crippen molar-refractivity contribution in [3.8, 4) is 6.07 Å². The fraction of sp³-hybridized carbons (Fsp3) is 0.478. The predicted octanol–water partition coefficient (Wildman–Crippen LogP) is 4.60. The van der Waals surface area contributed by atoms with Gasteiger partial charge in [0.1, 0.15) is 11.9 Å². The van der Waals surface area contributed by atoms with Crippen molar-refractivity contribution in [2.75, 3.05) is 31.5 Å². The minimum Gasteiger partial charge on any atom is -0.370 e. The van der Waals surface area contributed by atoms with Crippen LogP contribution in [0.25, 0.3) is 16.7 Å². The van der Waals surface area contributed by atoms with Gasteiger partial charge in [-0.2, -0.15) is 5.26 Å². The number of hydrogen-bond donors (Lipinski definition) is 1. The average molecular weight is 376 g/mol. The third kappa shape index (κ3) is 3.70. The minimum absolute atomic E-state index is 0.705. The lowest BCUT2D eigenvalue weighted by molar-refractivity contribution is 0.296. The number of imidazole rings is 1. The number of aryl methyl sites for hydroxylation is 1. The standard InChI is InChI=1S/C23H29N5/c1-2-9-18-16-22(25-12-15-27-13-7-3-4-8-14-27)28-21-11-6-5-10-20(21)26-23(28)19(18)17-24/h5-6,10-11,16,25H,2-4,7-9,12-15H2,1H3. The van der Waals surface area contributed by atoms with Crippen molar-refractivity contribution in [1.29, 1.82) is 5.26 Å². The lowest BCUT2D eigenvalue weighted by atomic mass is 10.1. The Morgan fingerprint density at radius 2 is 1.93 bits per heavy atom. The molecule has 0 spiro atoms. The molecule has 28 heavy (non-hydrogen) atoms. The van der Waals surface area contributed by atoms with E-state index in [0.717, 1.165) is 54.0 Å². The molecule has 1 aromatic carbocycles. The van der Waals surface area contributed by atoms with Crippen LogP contribution >= 0.6 is 0 Å². The summed E-state index contributed by atoms with van der Waals surface area (Å²) in [5, 5.41) is 13.5. The molecular formula is C23H29N5. The molecule has 5 nitrogen and oxygen atoms in total. The molecule has 0 aliphatic carbocycles. The minimum atomic E-state index is 0.705. The van der Waals surface area contributed by atoms with E-state index in [1.54, 1.807) is 0 Å². The third-order valence-electron chi connectivity index (χ3n) is 5.72. The van der Waals surface area contributed by atoms with Crippen molar-refractivity contribution in [3.05, 3.63) is 41.5 Å². The lowest BCUT2D eigenvalue weighted by Gasteiger charge is -2.21. The van der Waals surface area contributed by atoms with Gasteiger partial charge in [0.25, 0.3) is 0 Å². The summed E-state index contributed by atoms with van der Waals surface area (Å²) in [4.78, 5) is 7.36. The van der Waals surface area contributed by atoms with Crippen molar-refractivity contribution in [3.63, 3.8) is 0 Å². The molecule has 1 saturated heterocycles. The Kier molecular flexibility index (Phi) is 5.78. The van der Waals surface area contributed by atoms with Crippen LogP contribution in [0.15, 0.2) is 30.3 Å². The molecule has 3 heterocycles. The number of benzene rings is 1. The van der Waals surface area contributed by atoms with Gasteiger partial charge in [-0.3, -0.25) is 4.40 Å². The summed E-state index contributed by atoms with van der Waals surface area (Å²) in [6, 6.07) is 12.7. The molecule has 146 valence electrons. The Hall–Kier alpha value is -2.58. The molecule has 4 rings (SSSR count). The fourth-order valence-corrected chi connectivity index (χ4v) is 4.30. The van der Waals surface area contributed by atoms with Gasteiger partial charge in [0.2, 0.25) is 0 Å². The lowest BCUT2D eigenvalue weighted by Crippen LogP contribution is -2.30. The third-order valence-corrected chi connectivity index (χ3v) is 5.72. The smallest absolute Gasteiger partial charge is 0.157 e. The number of para-hydroxylation sites is 2. The summed E-state index contributed by atoms with van der Waals surface area (Å²) in [5.41, 5.74) is 4.55. The molecule has 2 aromatic heterocycles. The quantitative estimate of drug-likeness (QED) is 0.684. The topological polar surface area (TPSA) is 56.4 Å².